The largest absolute Gasteiger partial charge is 0.382 e. The molecule has 1 unspecified atom stereocenters. The van der Waals surface area contributed by atoms with E-state index in [1.54, 1.807) is 7.11 Å². The van der Waals surface area contributed by atoms with E-state index in [0.29, 0.717) is 19.1 Å². The molecule has 0 fully saturated rings. The van der Waals surface area contributed by atoms with Gasteiger partial charge in [0.05, 0.1) is 24.9 Å². The summed E-state index contributed by atoms with van der Waals surface area (Å²) in [6, 6.07) is 6.04. The Bertz CT molecular complexity index is 435. The highest BCUT2D eigenvalue weighted by molar-refractivity contribution is 5.79. The van der Waals surface area contributed by atoms with Crippen LogP contribution in [-0.2, 0) is 11.3 Å². The van der Waals surface area contributed by atoms with E-state index < -0.39 is 0 Å². The van der Waals surface area contributed by atoms with Gasteiger partial charge in [-0.1, -0.05) is 6.07 Å². The van der Waals surface area contributed by atoms with E-state index in [1.807, 2.05) is 36.9 Å². The van der Waals surface area contributed by atoms with Crippen molar-refractivity contribution >= 4 is 5.96 Å². The standard InChI is InChI=1S/C14H25N5O/c1-5-19(9-13-8-6-7-11(2)16-13)14(18-15)17-12(3)10-20-4/h6-8,12H,5,9-10,15H2,1-4H3,(H,17,18). The lowest BCUT2D eigenvalue weighted by Crippen LogP contribution is -2.45. The van der Waals surface area contributed by atoms with E-state index in [4.69, 9.17) is 10.6 Å². The summed E-state index contributed by atoms with van der Waals surface area (Å²) >= 11 is 0. The molecule has 0 saturated carbocycles. The molecule has 3 N–H and O–H groups in total. The van der Waals surface area contributed by atoms with Crippen molar-refractivity contribution in [2.45, 2.75) is 33.4 Å². The van der Waals surface area contributed by atoms with Gasteiger partial charge >= 0.3 is 0 Å². The number of hydrazine groups is 1. The molecule has 0 aliphatic rings. The van der Waals surface area contributed by atoms with Crippen LogP contribution < -0.4 is 11.3 Å². The number of rotatable bonds is 6. The first-order valence-corrected chi connectivity index (χ1v) is 6.81. The number of hydrogen-bond donors (Lipinski definition) is 2. The van der Waals surface area contributed by atoms with Crippen molar-refractivity contribution in [3.63, 3.8) is 0 Å². The van der Waals surface area contributed by atoms with Gasteiger partial charge in [-0.3, -0.25) is 10.4 Å². The summed E-state index contributed by atoms with van der Waals surface area (Å²) in [4.78, 5) is 11.1. The van der Waals surface area contributed by atoms with Gasteiger partial charge < -0.3 is 9.64 Å². The van der Waals surface area contributed by atoms with E-state index in [-0.39, 0.29) is 6.04 Å². The second-order valence-electron chi connectivity index (χ2n) is 4.69. The fraction of sp³-hybridized carbons (Fsp3) is 0.571. The maximum absolute atomic E-state index is 5.59. The van der Waals surface area contributed by atoms with Crippen molar-refractivity contribution in [3.05, 3.63) is 29.6 Å². The van der Waals surface area contributed by atoms with E-state index in [1.165, 1.54) is 0 Å². The number of aliphatic imine (C=N–C) groups is 1. The summed E-state index contributed by atoms with van der Waals surface area (Å²) < 4.78 is 5.09. The van der Waals surface area contributed by atoms with Crippen LogP contribution in [0.3, 0.4) is 0 Å². The zero-order valence-corrected chi connectivity index (χ0v) is 12.8. The van der Waals surface area contributed by atoms with Crippen LogP contribution in [0.25, 0.3) is 0 Å². The predicted molar refractivity (Wildman–Crippen MR) is 81.2 cm³/mol. The second-order valence-corrected chi connectivity index (χ2v) is 4.69. The minimum atomic E-state index is 0.0468. The Kier molecular flexibility index (Phi) is 6.97. The van der Waals surface area contributed by atoms with Gasteiger partial charge in [0.15, 0.2) is 0 Å². The summed E-state index contributed by atoms with van der Waals surface area (Å²) in [5.74, 6) is 6.25. The SMILES string of the molecule is CCN(Cc1cccc(C)n1)C(=NC(C)COC)NN. The molecule has 0 saturated heterocycles. The molecule has 6 nitrogen and oxygen atoms in total. The molecule has 112 valence electrons. The minimum Gasteiger partial charge on any atom is -0.382 e. The van der Waals surface area contributed by atoms with E-state index in [0.717, 1.165) is 17.9 Å². The Morgan fingerprint density at radius 3 is 2.85 bits per heavy atom. The topological polar surface area (TPSA) is 75.8 Å². The van der Waals surface area contributed by atoms with Crippen LogP contribution in [-0.4, -0.2) is 42.1 Å². The third kappa shape index (κ3) is 5.14. The molecule has 0 aromatic carbocycles. The molecule has 6 heteroatoms. The molecule has 1 atom stereocenters. The number of hydrogen-bond acceptors (Lipinski definition) is 4. The maximum atomic E-state index is 5.59. The minimum absolute atomic E-state index is 0.0468. The first kappa shape index (κ1) is 16.4. The Balaban J connectivity index is 2.81. The average molecular weight is 279 g/mol. The summed E-state index contributed by atoms with van der Waals surface area (Å²) in [7, 11) is 1.66. The third-order valence-electron chi connectivity index (χ3n) is 2.86. The normalized spacial score (nSPS) is 13.2. The quantitative estimate of drug-likeness (QED) is 0.352. The van der Waals surface area contributed by atoms with E-state index in [9.17, 15) is 0 Å². The molecule has 0 aliphatic heterocycles. The number of nitrogens with zero attached hydrogens (tertiary/aromatic N) is 3. The third-order valence-corrected chi connectivity index (χ3v) is 2.86. The fourth-order valence-electron chi connectivity index (χ4n) is 1.92. The van der Waals surface area contributed by atoms with Crippen LogP contribution in [0.5, 0.6) is 0 Å². The van der Waals surface area contributed by atoms with Gasteiger partial charge in [0, 0.05) is 19.3 Å². The number of ether oxygens (including phenoxy) is 1. The Hall–Kier alpha value is -1.66. The van der Waals surface area contributed by atoms with Crippen molar-refractivity contribution < 1.29 is 4.74 Å². The number of aromatic nitrogens is 1. The lowest BCUT2D eigenvalue weighted by atomic mass is 10.3. The van der Waals surface area contributed by atoms with Crippen LogP contribution in [0.4, 0.5) is 0 Å². The fourth-order valence-corrected chi connectivity index (χ4v) is 1.92. The number of guanidine groups is 1. The molecule has 0 aliphatic carbocycles. The lowest BCUT2D eigenvalue weighted by Gasteiger charge is -2.24. The number of pyridine rings is 1. The van der Waals surface area contributed by atoms with Gasteiger partial charge in [-0.15, -0.1) is 0 Å². The van der Waals surface area contributed by atoms with Gasteiger partial charge in [0.1, 0.15) is 0 Å². The number of nitrogens with two attached hydrogens (primary N) is 1. The smallest absolute Gasteiger partial charge is 0.209 e. The van der Waals surface area contributed by atoms with Crippen molar-refractivity contribution in [2.24, 2.45) is 10.8 Å². The molecule has 0 amide bonds. The zero-order valence-electron chi connectivity index (χ0n) is 12.8. The van der Waals surface area contributed by atoms with Gasteiger partial charge in [-0.25, -0.2) is 10.8 Å². The Morgan fingerprint density at radius 2 is 2.30 bits per heavy atom. The lowest BCUT2D eigenvalue weighted by molar-refractivity contribution is 0.185. The summed E-state index contributed by atoms with van der Waals surface area (Å²) in [5, 5.41) is 0. The van der Waals surface area contributed by atoms with Crippen molar-refractivity contribution in [3.8, 4) is 0 Å². The van der Waals surface area contributed by atoms with E-state index >= 15 is 0 Å². The highest BCUT2D eigenvalue weighted by Gasteiger charge is 2.11. The predicted octanol–water partition coefficient (Wildman–Crippen LogP) is 1.07. The van der Waals surface area contributed by atoms with Crippen LogP contribution in [0.2, 0.25) is 0 Å². The van der Waals surface area contributed by atoms with Gasteiger partial charge in [0.25, 0.3) is 0 Å². The van der Waals surface area contributed by atoms with Crippen LogP contribution in [0, 0.1) is 6.92 Å². The van der Waals surface area contributed by atoms with Gasteiger partial charge in [-0.2, -0.15) is 0 Å². The monoisotopic (exact) mass is 279 g/mol. The van der Waals surface area contributed by atoms with Crippen LogP contribution in [0.15, 0.2) is 23.2 Å². The molecule has 0 bridgehead atoms. The molecule has 1 rings (SSSR count). The molecule has 1 aromatic heterocycles. The Morgan fingerprint density at radius 1 is 1.55 bits per heavy atom. The highest BCUT2D eigenvalue weighted by atomic mass is 16.5. The van der Waals surface area contributed by atoms with E-state index in [2.05, 4.69) is 22.3 Å². The summed E-state index contributed by atoms with van der Waals surface area (Å²) in [6.07, 6.45) is 0. The number of nitrogens with one attached hydrogen (secondary N) is 1. The van der Waals surface area contributed by atoms with Crippen molar-refractivity contribution in [1.29, 1.82) is 0 Å². The van der Waals surface area contributed by atoms with Crippen molar-refractivity contribution in [2.75, 3.05) is 20.3 Å². The second kappa shape index (κ2) is 8.50. The van der Waals surface area contributed by atoms with Crippen LogP contribution in [0.1, 0.15) is 25.2 Å². The van der Waals surface area contributed by atoms with Crippen LogP contribution >= 0.6 is 0 Å². The molecule has 1 aromatic rings. The summed E-state index contributed by atoms with van der Waals surface area (Å²) in [6.45, 7) is 8.05. The summed E-state index contributed by atoms with van der Waals surface area (Å²) in [5.41, 5.74) is 4.67. The molecule has 1 heterocycles. The molecule has 0 spiro atoms. The number of methoxy groups -OCH3 is 1. The van der Waals surface area contributed by atoms with Gasteiger partial charge in [-0.05, 0) is 32.9 Å². The number of aryl methyl sites for hydroxylation is 1. The highest BCUT2D eigenvalue weighted by Crippen LogP contribution is 2.04. The first-order valence-electron chi connectivity index (χ1n) is 6.81. The van der Waals surface area contributed by atoms with Gasteiger partial charge in [0.2, 0.25) is 5.96 Å². The van der Waals surface area contributed by atoms with Crippen molar-refractivity contribution in [1.82, 2.24) is 15.3 Å². The Labute approximate surface area is 121 Å². The molecule has 0 radical (unpaired) electrons. The zero-order chi connectivity index (χ0) is 15.0. The first-order chi connectivity index (χ1) is 9.60. The maximum Gasteiger partial charge on any atom is 0.209 e. The molecule has 20 heavy (non-hydrogen) atoms. The molecular weight excluding hydrogens is 254 g/mol. The average Bonchev–Trinajstić information content (AvgIpc) is 2.43. The molecular formula is C14H25N5O.